The molecule has 0 amide bonds. The summed E-state index contributed by atoms with van der Waals surface area (Å²) in [6.45, 7) is 0. The van der Waals surface area contributed by atoms with E-state index in [4.69, 9.17) is 22.7 Å². The number of halogens is 1. The summed E-state index contributed by atoms with van der Waals surface area (Å²) in [6, 6.07) is 5.34. The van der Waals surface area contributed by atoms with E-state index in [-0.39, 0.29) is 5.84 Å². The highest BCUT2D eigenvalue weighted by atomic mass is 35.5. The van der Waals surface area contributed by atoms with Crippen LogP contribution in [0.25, 0.3) is 0 Å². The third-order valence-electron chi connectivity index (χ3n) is 2.11. The number of hydrogen-bond acceptors (Lipinski definition) is 4. The molecule has 1 aromatic carbocycles. The van der Waals surface area contributed by atoms with Gasteiger partial charge in [0.05, 0.1) is 5.02 Å². The fourth-order valence-electron chi connectivity index (χ4n) is 1.25. The number of rotatable bonds is 3. The number of nitrogens with zero attached hydrogens (tertiary/aromatic N) is 3. The van der Waals surface area contributed by atoms with Crippen LogP contribution < -0.4 is 5.73 Å². The average Bonchev–Trinajstić information content (AvgIpc) is 2.64. The van der Waals surface area contributed by atoms with Crippen LogP contribution in [0.2, 0.25) is 5.02 Å². The molecule has 17 heavy (non-hydrogen) atoms. The first-order valence-corrected chi connectivity index (χ1v) is 5.93. The number of nitrogen functional groups attached to an aromatic ring is 1. The molecule has 0 aliphatic rings. The molecular formula is C10H10ClN5S. The van der Waals surface area contributed by atoms with Crippen LogP contribution in [0.5, 0.6) is 0 Å². The van der Waals surface area contributed by atoms with Crippen molar-refractivity contribution in [2.45, 2.75) is 10.1 Å². The summed E-state index contributed by atoms with van der Waals surface area (Å²) >= 11 is 7.48. The van der Waals surface area contributed by atoms with Crippen molar-refractivity contribution < 1.29 is 0 Å². The summed E-state index contributed by atoms with van der Waals surface area (Å²) in [6.07, 6.45) is 1.63. The Balaban J connectivity index is 2.27. The van der Waals surface area contributed by atoms with Gasteiger partial charge in [0.1, 0.15) is 12.2 Å². The molecule has 7 heteroatoms. The maximum absolute atomic E-state index is 7.34. The quantitative estimate of drug-likeness (QED) is 0.657. The van der Waals surface area contributed by atoms with Gasteiger partial charge in [-0.2, -0.15) is 0 Å². The van der Waals surface area contributed by atoms with Gasteiger partial charge in [-0.15, -0.1) is 10.2 Å². The van der Waals surface area contributed by atoms with Crippen molar-refractivity contribution in [2.24, 2.45) is 12.8 Å². The van der Waals surface area contributed by atoms with Gasteiger partial charge < -0.3 is 10.3 Å². The highest BCUT2D eigenvalue weighted by Crippen LogP contribution is 2.29. The lowest BCUT2D eigenvalue weighted by Gasteiger charge is -2.05. The highest BCUT2D eigenvalue weighted by molar-refractivity contribution is 7.99. The molecular weight excluding hydrogens is 258 g/mol. The van der Waals surface area contributed by atoms with Crippen molar-refractivity contribution in [2.75, 3.05) is 0 Å². The van der Waals surface area contributed by atoms with E-state index in [1.807, 2.05) is 17.7 Å². The second-order valence-electron chi connectivity index (χ2n) is 3.38. The first-order chi connectivity index (χ1) is 8.08. The SMILES string of the molecule is Cn1cnnc1Sc1ccc(C(=N)N)c(Cl)c1. The molecule has 5 nitrogen and oxygen atoms in total. The molecule has 2 rings (SSSR count). The van der Waals surface area contributed by atoms with Crippen molar-refractivity contribution >= 4 is 29.2 Å². The topological polar surface area (TPSA) is 80.6 Å². The van der Waals surface area contributed by atoms with Crippen LogP contribution in [-0.4, -0.2) is 20.6 Å². The van der Waals surface area contributed by atoms with Crippen molar-refractivity contribution in [3.8, 4) is 0 Å². The number of hydrogen-bond donors (Lipinski definition) is 2. The highest BCUT2D eigenvalue weighted by Gasteiger charge is 2.08. The molecule has 0 unspecified atom stereocenters. The Hall–Kier alpha value is -1.53. The number of nitrogens with one attached hydrogen (secondary N) is 1. The Morgan fingerprint density at radius 1 is 1.53 bits per heavy atom. The summed E-state index contributed by atoms with van der Waals surface area (Å²) < 4.78 is 1.82. The molecule has 0 spiro atoms. The van der Waals surface area contributed by atoms with Crippen LogP contribution in [0, 0.1) is 5.41 Å². The van der Waals surface area contributed by atoms with Gasteiger partial charge >= 0.3 is 0 Å². The molecule has 0 fully saturated rings. The lowest BCUT2D eigenvalue weighted by atomic mass is 10.2. The second kappa shape index (κ2) is 4.77. The van der Waals surface area contributed by atoms with Gasteiger partial charge in [-0.05, 0) is 30.0 Å². The van der Waals surface area contributed by atoms with E-state index < -0.39 is 0 Å². The molecule has 0 bridgehead atoms. The average molecular weight is 268 g/mol. The van der Waals surface area contributed by atoms with Gasteiger partial charge in [0, 0.05) is 17.5 Å². The molecule has 0 radical (unpaired) electrons. The standard InChI is InChI=1S/C10H10ClN5S/c1-16-5-14-15-10(16)17-6-2-3-7(9(12)13)8(11)4-6/h2-5H,1H3,(H3,12,13). The van der Waals surface area contributed by atoms with Crippen molar-refractivity contribution in [3.63, 3.8) is 0 Å². The minimum absolute atomic E-state index is 0.0368. The number of aryl methyl sites for hydroxylation is 1. The van der Waals surface area contributed by atoms with Gasteiger partial charge in [0.2, 0.25) is 0 Å². The minimum Gasteiger partial charge on any atom is -0.384 e. The van der Waals surface area contributed by atoms with Crippen LogP contribution in [0.4, 0.5) is 0 Å². The smallest absolute Gasteiger partial charge is 0.195 e. The summed E-state index contributed by atoms with van der Waals surface area (Å²) in [5.74, 6) is -0.0368. The maximum atomic E-state index is 7.34. The van der Waals surface area contributed by atoms with Crippen molar-refractivity contribution in [1.82, 2.24) is 14.8 Å². The van der Waals surface area contributed by atoms with Gasteiger partial charge in [-0.25, -0.2) is 0 Å². The molecule has 2 aromatic rings. The molecule has 0 saturated heterocycles. The first-order valence-electron chi connectivity index (χ1n) is 4.73. The largest absolute Gasteiger partial charge is 0.384 e. The first kappa shape index (κ1) is 11.9. The van der Waals surface area contributed by atoms with E-state index in [1.54, 1.807) is 18.5 Å². The molecule has 3 N–H and O–H groups in total. The lowest BCUT2D eigenvalue weighted by Crippen LogP contribution is -2.11. The number of benzene rings is 1. The summed E-state index contributed by atoms with van der Waals surface area (Å²) in [5, 5.41) is 16.3. The third-order valence-corrected chi connectivity index (χ3v) is 3.46. The van der Waals surface area contributed by atoms with E-state index in [2.05, 4.69) is 10.2 Å². The summed E-state index contributed by atoms with van der Waals surface area (Å²) in [5.41, 5.74) is 5.93. The van der Waals surface area contributed by atoms with E-state index in [9.17, 15) is 0 Å². The van der Waals surface area contributed by atoms with E-state index >= 15 is 0 Å². The zero-order chi connectivity index (χ0) is 12.4. The fraction of sp³-hybridized carbons (Fsp3) is 0.100. The Bertz CT molecular complexity index is 566. The number of nitrogens with two attached hydrogens (primary N) is 1. The molecule has 0 aliphatic carbocycles. The number of amidine groups is 1. The molecule has 88 valence electrons. The summed E-state index contributed by atoms with van der Waals surface area (Å²) in [4.78, 5) is 0.927. The van der Waals surface area contributed by atoms with Gasteiger partial charge in [0.15, 0.2) is 5.16 Å². The zero-order valence-electron chi connectivity index (χ0n) is 9.01. The van der Waals surface area contributed by atoms with Gasteiger partial charge in [-0.3, -0.25) is 5.41 Å². The van der Waals surface area contributed by atoms with E-state index in [1.165, 1.54) is 11.8 Å². The molecule has 0 atom stereocenters. The zero-order valence-corrected chi connectivity index (χ0v) is 10.6. The Kier molecular flexibility index (Phi) is 3.35. The van der Waals surface area contributed by atoms with Crippen LogP contribution >= 0.6 is 23.4 Å². The van der Waals surface area contributed by atoms with Crippen LogP contribution in [0.15, 0.2) is 34.6 Å². The predicted molar refractivity (Wildman–Crippen MR) is 67.6 cm³/mol. The summed E-state index contributed by atoms with van der Waals surface area (Å²) in [7, 11) is 1.87. The van der Waals surface area contributed by atoms with Gasteiger partial charge in [0.25, 0.3) is 0 Å². The normalized spacial score (nSPS) is 10.5. The second-order valence-corrected chi connectivity index (χ2v) is 4.83. The van der Waals surface area contributed by atoms with Crippen molar-refractivity contribution in [3.05, 3.63) is 35.1 Å². The predicted octanol–water partition coefficient (Wildman–Crippen LogP) is 1.90. The Morgan fingerprint density at radius 3 is 2.82 bits per heavy atom. The minimum atomic E-state index is -0.0368. The van der Waals surface area contributed by atoms with E-state index in [0.717, 1.165) is 10.1 Å². The van der Waals surface area contributed by atoms with Crippen LogP contribution in [0.3, 0.4) is 0 Å². The Morgan fingerprint density at radius 2 is 2.29 bits per heavy atom. The monoisotopic (exact) mass is 267 g/mol. The van der Waals surface area contributed by atoms with Crippen molar-refractivity contribution in [1.29, 1.82) is 5.41 Å². The van der Waals surface area contributed by atoms with Crippen LogP contribution in [0.1, 0.15) is 5.56 Å². The van der Waals surface area contributed by atoms with E-state index in [0.29, 0.717) is 10.6 Å². The molecule has 0 saturated carbocycles. The van der Waals surface area contributed by atoms with Crippen LogP contribution in [-0.2, 0) is 7.05 Å². The Labute approximate surface area is 107 Å². The molecule has 1 aromatic heterocycles. The maximum Gasteiger partial charge on any atom is 0.195 e. The molecule has 1 heterocycles. The molecule has 0 aliphatic heterocycles. The van der Waals surface area contributed by atoms with Gasteiger partial charge in [-0.1, -0.05) is 11.6 Å². The fourth-order valence-corrected chi connectivity index (χ4v) is 2.40. The third kappa shape index (κ3) is 2.59. The number of aromatic nitrogens is 3. The lowest BCUT2D eigenvalue weighted by molar-refractivity contribution is 0.788.